The van der Waals surface area contributed by atoms with E-state index in [1.165, 1.54) is 5.56 Å². The summed E-state index contributed by atoms with van der Waals surface area (Å²) in [4.78, 5) is 2.36. The molecule has 4 heteroatoms. The third kappa shape index (κ3) is 4.47. The first kappa shape index (κ1) is 15.3. The second kappa shape index (κ2) is 7.62. The minimum atomic E-state index is 0.221. The number of aryl methyl sites for hydroxylation is 1. The third-order valence-corrected chi connectivity index (χ3v) is 3.79. The number of aliphatic hydroxyl groups is 1. The molecular weight excluding hydrogens is 252 g/mol. The summed E-state index contributed by atoms with van der Waals surface area (Å²) in [6, 6.07) is 8.88. The average molecular weight is 278 g/mol. The Bertz CT molecular complexity index is 411. The maximum absolute atomic E-state index is 9.40. The van der Waals surface area contributed by atoms with Crippen molar-refractivity contribution in [2.45, 2.75) is 32.4 Å². The lowest BCUT2D eigenvalue weighted by atomic mass is 10.1. The van der Waals surface area contributed by atoms with Crippen molar-refractivity contribution in [3.8, 4) is 5.75 Å². The molecule has 0 radical (unpaired) electrons. The van der Waals surface area contributed by atoms with E-state index >= 15 is 0 Å². The molecule has 1 aromatic rings. The first-order valence-electron chi connectivity index (χ1n) is 7.47. The minimum absolute atomic E-state index is 0.221. The maximum Gasteiger partial charge on any atom is 0.119 e. The Labute approximate surface area is 121 Å². The zero-order valence-corrected chi connectivity index (χ0v) is 12.5. The van der Waals surface area contributed by atoms with Crippen LogP contribution in [-0.2, 0) is 0 Å². The summed E-state index contributed by atoms with van der Waals surface area (Å²) >= 11 is 0. The van der Waals surface area contributed by atoms with Crippen LogP contribution in [0.3, 0.4) is 0 Å². The topological polar surface area (TPSA) is 44.7 Å². The summed E-state index contributed by atoms with van der Waals surface area (Å²) in [7, 11) is 0. The van der Waals surface area contributed by atoms with Crippen LogP contribution in [0.5, 0.6) is 5.75 Å². The smallest absolute Gasteiger partial charge is 0.119 e. The van der Waals surface area contributed by atoms with Gasteiger partial charge in [0.05, 0.1) is 13.2 Å². The molecule has 1 aromatic carbocycles. The standard InChI is InChI=1S/C16H26N2O2/c1-13-5-3-6-16(9-13)20-8-4-7-18-11-14(2)17-10-15(18)12-19/h3,5-6,9,14-15,17,19H,4,7-8,10-12H2,1-2H3. The number of nitrogens with one attached hydrogen (secondary N) is 1. The van der Waals surface area contributed by atoms with Crippen molar-refractivity contribution in [2.24, 2.45) is 0 Å². The Kier molecular flexibility index (Phi) is 5.83. The molecular formula is C16H26N2O2. The van der Waals surface area contributed by atoms with Gasteiger partial charge in [0.15, 0.2) is 0 Å². The van der Waals surface area contributed by atoms with Gasteiger partial charge in [0.2, 0.25) is 0 Å². The van der Waals surface area contributed by atoms with E-state index in [1.54, 1.807) is 0 Å². The molecule has 1 saturated heterocycles. The van der Waals surface area contributed by atoms with Crippen molar-refractivity contribution in [1.82, 2.24) is 10.2 Å². The lowest BCUT2D eigenvalue weighted by molar-refractivity contribution is 0.0793. The van der Waals surface area contributed by atoms with Gasteiger partial charge in [-0.3, -0.25) is 4.90 Å². The number of rotatable bonds is 6. The molecule has 20 heavy (non-hydrogen) atoms. The zero-order valence-electron chi connectivity index (χ0n) is 12.5. The van der Waals surface area contributed by atoms with Gasteiger partial charge in [-0.2, -0.15) is 0 Å². The molecule has 2 N–H and O–H groups in total. The van der Waals surface area contributed by atoms with Gasteiger partial charge in [0, 0.05) is 31.7 Å². The van der Waals surface area contributed by atoms with Crippen LogP contribution in [0.4, 0.5) is 0 Å². The highest BCUT2D eigenvalue weighted by Gasteiger charge is 2.24. The van der Waals surface area contributed by atoms with Crippen molar-refractivity contribution in [3.05, 3.63) is 29.8 Å². The number of hydrogen-bond donors (Lipinski definition) is 2. The number of piperazine rings is 1. The van der Waals surface area contributed by atoms with Crippen molar-refractivity contribution in [1.29, 1.82) is 0 Å². The SMILES string of the molecule is Cc1cccc(OCCCN2CC(C)NCC2CO)c1. The van der Waals surface area contributed by atoms with E-state index in [0.717, 1.165) is 38.4 Å². The lowest BCUT2D eigenvalue weighted by Crippen LogP contribution is -2.57. The van der Waals surface area contributed by atoms with Gasteiger partial charge in [0.25, 0.3) is 0 Å². The van der Waals surface area contributed by atoms with Crippen LogP contribution in [0, 0.1) is 6.92 Å². The number of aliphatic hydroxyl groups excluding tert-OH is 1. The largest absolute Gasteiger partial charge is 0.494 e. The second-order valence-corrected chi connectivity index (χ2v) is 5.66. The predicted octanol–water partition coefficient (Wildman–Crippen LogP) is 1.42. The van der Waals surface area contributed by atoms with Crippen molar-refractivity contribution >= 4 is 0 Å². The summed E-state index contributed by atoms with van der Waals surface area (Å²) in [5.74, 6) is 0.942. The predicted molar refractivity (Wildman–Crippen MR) is 81.2 cm³/mol. The average Bonchev–Trinajstić information content (AvgIpc) is 2.44. The molecule has 1 heterocycles. The fourth-order valence-corrected chi connectivity index (χ4v) is 2.65. The third-order valence-electron chi connectivity index (χ3n) is 3.79. The number of hydrogen-bond acceptors (Lipinski definition) is 4. The Hall–Kier alpha value is -1.10. The van der Waals surface area contributed by atoms with Crippen LogP contribution in [0.25, 0.3) is 0 Å². The van der Waals surface area contributed by atoms with Crippen molar-refractivity contribution in [2.75, 3.05) is 32.8 Å². The lowest BCUT2D eigenvalue weighted by Gasteiger charge is -2.38. The minimum Gasteiger partial charge on any atom is -0.494 e. The van der Waals surface area contributed by atoms with Crippen LogP contribution in [0.2, 0.25) is 0 Å². The van der Waals surface area contributed by atoms with E-state index in [4.69, 9.17) is 4.74 Å². The Morgan fingerprint density at radius 1 is 1.45 bits per heavy atom. The summed E-state index contributed by atoms with van der Waals surface area (Å²) in [5.41, 5.74) is 1.22. The van der Waals surface area contributed by atoms with Gasteiger partial charge in [-0.25, -0.2) is 0 Å². The van der Waals surface area contributed by atoms with Gasteiger partial charge in [-0.15, -0.1) is 0 Å². The molecule has 4 nitrogen and oxygen atoms in total. The summed E-state index contributed by atoms with van der Waals surface area (Å²) in [5, 5.41) is 12.8. The first-order chi connectivity index (χ1) is 9.69. The number of benzene rings is 1. The highest BCUT2D eigenvalue weighted by molar-refractivity contribution is 5.27. The van der Waals surface area contributed by atoms with Crippen molar-refractivity contribution in [3.63, 3.8) is 0 Å². The number of nitrogens with zero attached hydrogens (tertiary/aromatic N) is 1. The molecule has 0 bridgehead atoms. The Morgan fingerprint density at radius 2 is 2.30 bits per heavy atom. The highest BCUT2D eigenvalue weighted by atomic mass is 16.5. The van der Waals surface area contributed by atoms with E-state index in [9.17, 15) is 5.11 Å². The normalized spacial score (nSPS) is 23.8. The first-order valence-corrected chi connectivity index (χ1v) is 7.47. The van der Waals surface area contributed by atoms with E-state index in [-0.39, 0.29) is 12.6 Å². The van der Waals surface area contributed by atoms with Crippen LogP contribution >= 0.6 is 0 Å². The van der Waals surface area contributed by atoms with Crippen LogP contribution in [-0.4, -0.2) is 54.9 Å². The molecule has 0 aromatic heterocycles. The van der Waals surface area contributed by atoms with E-state index in [2.05, 4.69) is 36.2 Å². The monoisotopic (exact) mass is 278 g/mol. The molecule has 0 aliphatic carbocycles. The molecule has 1 fully saturated rings. The Morgan fingerprint density at radius 3 is 3.05 bits per heavy atom. The second-order valence-electron chi connectivity index (χ2n) is 5.66. The molecule has 2 atom stereocenters. The fraction of sp³-hybridized carbons (Fsp3) is 0.625. The quantitative estimate of drug-likeness (QED) is 0.773. The van der Waals surface area contributed by atoms with Crippen LogP contribution in [0.15, 0.2) is 24.3 Å². The molecule has 1 aliphatic rings. The highest BCUT2D eigenvalue weighted by Crippen LogP contribution is 2.13. The van der Waals surface area contributed by atoms with Gasteiger partial charge >= 0.3 is 0 Å². The molecule has 2 rings (SSSR count). The fourth-order valence-electron chi connectivity index (χ4n) is 2.65. The summed E-state index contributed by atoms with van der Waals surface area (Å²) in [6.45, 7) is 8.04. The number of ether oxygens (including phenoxy) is 1. The van der Waals surface area contributed by atoms with Gasteiger partial charge in [-0.1, -0.05) is 12.1 Å². The summed E-state index contributed by atoms with van der Waals surface area (Å²) < 4.78 is 5.77. The molecule has 2 unspecified atom stereocenters. The zero-order chi connectivity index (χ0) is 14.4. The Balaban J connectivity index is 1.71. The van der Waals surface area contributed by atoms with Gasteiger partial charge in [0.1, 0.15) is 5.75 Å². The van der Waals surface area contributed by atoms with E-state index in [1.807, 2.05) is 12.1 Å². The molecule has 0 amide bonds. The summed E-state index contributed by atoms with van der Waals surface area (Å²) in [6.07, 6.45) is 0.983. The van der Waals surface area contributed by atoms with Crippen LogP contribution in [0.1, 0.15) is 18.9 Å². The van der Waals surface area contributed by atoms with Crippen LogP contribution < -0.4 is 10.1 Å². The maximum atomic E-state index is 9.40. The molecule has 0 saturated carbocycles. The van der Waals surface area contributed by atoms with Gasteiger partial charge < -0.3 is 15.2 Å². The van der Waals surface area contributed by atoms with Gasteiger partial charge in [-0.05, 0) is 38.0 Å². The van der Waals surface area contributed by atoms with E-state index < -0.39 is 0 Å². The molecule has 1 aliphatic heterocycles. The van der Waals surface area contributed by atoms with E-state index in [0.29, 0.717) is 6.04 Å². The molecule has 112 valence electrons. The van der Waals surface area contributed by atoms with Crippen molar-refractivity contribution < 1.29 is 9.84 Å². The molecule has 0 spiro atoms.